The van der Waals surface area contributed by atoms with Crippen molar-refractivity contribution in [3.8, 4) is 0 Å². The van der Waals surface area contributed by atoms with Crippen molar-refractivity contribution in [1.29, 1.82) is 0 Å². The van der Waals surface area contributed by atoms with Crippen LogP contribution < -0.4 is 10.6 Å². The van der Waals surface area contributed by atoms with Crippen LogP contribution in [0.2, 0.25) is 5.02 Å². The summed E-state index contributed by atoms with van der Waals surface area (Å²) in [6.07, 6.45) is 9.18. The van der Waals surface area contributed by atoms with Gasteiger partial charge in [0.1, 0.15) is 0 Å². The van der Waals surface area contributed by atoms with Gasteiger partial charge in [0.2, 0.25) is 0 Å². The fraction of sp³-hybridized carbons (Fsp3) is 0.478. The van der Waals surface area contributed by atoms with E-state index in [-0.39, 0.29) is 17.5 Å². The molecular formula is C23H30ClN3O. The minimum Gasteiger partial charge on any atom is -0.380 e. The average molecular weight is 400 g/mol. The van der Waals surface area contributed by atoms with Crippen molar-refractivity contribution in [3.63, 3.8) is 0 Å². The van der Waals surface area contributed by atoms with E-state index in [1.165, 1.54) is 0 Å². The number of hydrogen-bond donors (Lipinski definition) is 2. The first-order chi connectivity index (χ1) is 13.5. The molecule has 3 rings (SSSR count). The second kappa shape index (κ2) is 9.42. The predicted octanol–water partition coefficient (Wildman–Crippen LogP) is 5.76. The van der Waals surface area contributed by atoms with Crippen LogP contribution in [0.5, 0.6) is 0 Å². The standard InChI is InChI=1S/C23H30ClN3O/c1-3-4-13-23(27-22(28)20-11-8-15-25-17(20)2)14-6-5-12-21(23)26-19-10-7-9-18(24)16-19/h7-11,15-16,21,26H,3-6,12-14H2,1-2H3,(H,27,28). The molecule has 28 heavy (non-hydrogen) atoms. The van der Waals surface area contributed by atoms with Crippen LogP contribution in [0.25, 0.3) is 0 Å². The summed E-state index contributed by atoms with van der Waals surface area (Å²) in [5.41, 5.74) is 2.16. The Morgan fingerprint density at radius 1 is 1.29 bits per heavy atom. The smallest absolute Gasteiger partial charge is 0.253 e. The van der Waals surface area contributed by atoms with Crippen molar-refractivity contribution in [2.75, 3.05) is 5.32 Å². The Labute approximate surface area is 173 Å². The van der Waals surface area contributed by atoms with Crippen molar-refractivity contribution < 1.29 is 4.79 Å². The lowest BCUT2D eigenvalue weighted by Crippen LogP contribution is -2.60. The topological polar surface area (TPSA) is 54.0 Å². The highest BCUT2D eigenvalue weighted by Crippen LogP contribution is 2.35. The van der Waals surface area contributed by atoms with Crippen molar-refractivity contribution >= 4 is 23.2 Å². The molecule has 150 valence electrons. The normalized spacial score (nSPS) is 21.9. The van der Waals surface area contributed by atoms with Gasteiger partial charge in [-0.05, 0) is 56.5 Å². The number of anilines is 1. The van der Waals surface area contributed by atoms with Crippen molar-refractivity contribution in [3.05, 3.63) is 58.9 Å². The second-order valence-corrected chi connectivity index (χ2v) is 8.24. The molecule has 2 N–H and O–H groups in total. The Bertz CT molecular complexity index is 810. The number of nitrogens with one attached hydrogen (secondary N) is 2. The molecule has 1 aliphatic rings. The quantitative estimate of drug-likeness (QED) is 0.622. The second-order valence-electron chi connectivity index (χ2n) is 7.80. The number of hydrogen-bond acceptors (Lipinski definition) is 3. The van der Waals surface area contributed by atoms with E-state index in [9.17, 15) is 4.79 Å². The molecule has 0 aliphatic heterocycles. The van der Waals surface area contributed by atoms with E-state index in [2.05, 4.69) is 22.5 Å². The van der Waals surface area contributed by atoms with Gasteiger partial charge in [-0.15, -0.1) is 0 Å². The summed E-state index contributed by atoms with van der Waals surface area (Å²) >= 11 is 6.18. The fourth-order valence-electron chi connectivity index (χ4n) is 4.25. The Kier molecular flexibility index (Phi) is 6.95. The van der Waals surface area contributed by atoms with Gasteiger partial charge in [0.05, 0.1) is 11.1 Å². The van der Waals surface area contributed by atoms with Crippen LogP contribution in [-0.4, -0.2) is 22.5 Å². The number of aryl methyl sites for hydroxylation is 1. The molecule has 5 heteroatoms. The van der Waals surface area contributed by atoms with Gasteiger partial charge in [-0.25, -0.2) is 0 Å². The number of pyridine rings is 1. The van der Waals surface area contributed by atoms with Gasteiger partial charge in [0.15, 0.2) is 0 Å². The number of carbonyl (C=O) groups excluding carboxylic acids is 1. The maximum Gasteiger partial charge on any atom is 0.253 e. The number of carbonyl (C=O) groups is 1. The predicted molar refractivity (Wildman–Crippen MR) is 116 cm³/mol. The van der Waals surface area contributed by atoms with E-state index in [1.807, 2.05) is 43.3 Å². The highest BCUT2D eigenvalue weighted by molar-refractivity contribution is 6.30. The zero-order valence-corrected chi connectivity index (χ0v) is 17.6. The van der Waals surface area contributed by atoms with Crippen LogP contribution in [-0.2, 0) is 0 Å². The van der Waals surface area contributed by atoms with E-state index < -0.39 is 0 Å². The summed E-state index contributed by atoms with van der Waals surface area (Å²) < 4.78 is 0. The number of aromatic nitrogens is 1. The van der Waals surface area contributed by atoms with Crippen molar-refractivity contribution in [2.24, 2.45) is 0 Å². The highest BCUT2D eigenvalue weighted by Gasteiger charge is 2.41. The summed E-state index contributed by atoms with van der Waals surface area (Å²) in [4.78, 5) is 17.4. The number of nitrogens with zero attached hydrogens (tertiary/aromatic N) is 1. The number of amides is 1. The molecule has 0 saturated heterocycles. The van der Waals surface area contributed by atoms with Crippen LogP contribution >= 0.6 is 11.6 Å². The third-order valence-electron chi connectivity index (χ3n) is 5.79. The van der Waals surface area contributed by atoms with Crippen LogP contribution in [0.4, 0.5) is 5.69 Å². The maximum absolute atomic E-state index is 13.2. The Balaban J connectivity index is 1.87. The third kappa shape index (κ3) is 4.85. The lowest BCUT2D eigenvalue weighted by atomic mass is 9.73. The van der Waals surface area contributed by atoms with E-state index in [0.717, 1.165) is 61.3 Å². The molecule has 1 aromatic heterocycles. The largest absolute Gasteiger partial charge is 0.380 e. The lowest BCUT2D eigenvalue weighted by Gasteiger charge is -2.46. The molecule has 0 radical (unpaired) electrons. The van der Waals surface area contributed by atoms with E-state index in [1.54, 1.807) is 6.20 Å². The van der Waals surface area contributed by atoms with Gasteiger partial charge >= 0.3 is 0 Å². The van der Waals surface area contributed by atoms with Crippen molar-refractivity contribution in [1.82, 2.24) is 10.3 Å². The summed E-state index contributed by atoms with van der Waals surface area (Å²) in [6, 6.07) is 11.7. The summed E-state index contributed by atoms with van der Waals surface area (Å²) in [6.45, 7) is 4.08. The fourth-order valence-corrected chi connectivity index (χ4v) is 4.44. The maximum atomic E-state index is 13.2. The molecule has 1 aliphatic carbocycles. The van der Waals surface area contributed by atoms with Gasteiger partial charge < -0.3 is 10.6 Å². The molecule has 2 unspecified atom stereocenters. The average Bonchev–Trinajstić information content (AvgIpc) is 2.68. The van der Waals surface area contributed by atoms with E-state index >= 15 is 0 Å². The molecule has 0 bridgehead atoms. The first-order valence-electron chi connectivity index (χ1n) is 10.3. The van der Waals surface area contributed by atoms with Gasteiger partial charge in [-0.3, -0.25) is 9.78 Å². The molecule has 2 atom stereocenters. The van der Waals surface area contributed by atoms with Gasteiger partial charge in [-0.1, -0.05) is 50.3 Å². The zero-order chi connectivity index (χ0) is 20.0. The Hall–Kier alpha value is -2.07. The summed E-state index contributed by atoms with van der Waals surface area (Å²) in [7, 11) is 0. The first kappa shape index (κ1) is 20.7. The zero-order valence-electron chi connectivity index (χ0n) is 16.8. The highest BCUT2D eigenvalue weighted by atomic mass is 35.5. The number of rotatable bonds is 7. The molecule has 1 amide bonds. The van der Waals surface area contributed by atoms with Crippen LogP contribution in [0, 0.1) is 6.92 Å². The minimum atomic E-state index is -0.268. The van der Waals surface area contributed by atoms with Gasteiger partial charge in [0.25, 0.3) is 5.91 Å². The number of unbranched alkanes of at least 4 members (excludes halogenated alkanes) is 1. The number of benzene rings is 1. The van der Waals surface area contributed by atoms with Gasteiger partial charge in [-0.2, -0.15) is 0 Å². The number of halogens is 1. The van der Waals surface area contributed by atoms with Crippen LogP contribution in [0.15, 0.2) is 42.6 Å². The van der Waals surface area contributed by atoms with Crippen LogP contribution in [0.1, 0.15) is 67.9 Å². The van der Waals surface area contributed by atoms with E-state index in [4.69, 9.17) is 11.6 Å². The molecular weight excluding hydrogens is 370 g/mol. The summed E-state index contributed by atoms with van der Waals surface area (Å²) in [5, 5.41) is 7.83. The van der Waals surface area contributed by atoms with Gasteiger partial charge in [0, 0.05) is 28.6 Å². The monoisotopic (exact) mass is 399 g/mol. The van der Waals surface area contributed by atoms with Crippen molar-refractivity contribution in [2.45, 2.75) is 70.4 Å². The Morgan fingerprint density at radius 3 is 2.89 bits per heavy atom. The lowest BCUT2D eigenvalue weighted by molar-refractivity contribution is 0.0840. The molecule has 1 aromatic carbocycles. The van der Waals surface area contributed by atoms with Crippen LogP contribution in [0.3, 0.4) is 0 Å². The third-order valence-corrected chi connectivity index (χ3v) is 6.02. The molecule has 2 aromatic rings. The Morgan fingerprint density at radius 2 is 2.14 bits per heavy atom. The molecule has 1 heterocycles. The SMILES string of the molecule is CCCCC1(NC(=O)c2cccnc2C)CCCCC1Nc1cccc(Cl)c1. The summed E-state index contributed by atoms with van der Waals surface area (Å²) in [5.74, 6) is -0.0264. The first-order valence-corrected chi connectivity index (χ1v) is 10.7. The molecule has 1 fully saturated rings. The van der Waals surface area contributed by atoms with E-state index in [0.29, 0.717) is 5.56 Å². The molecule has 0 spiro atoms. The minimum absolute atomic E-state index is 0.0264. The molecule has 1 saturated carbocycles. The molecule has 4 nitrogen and oxygen atoms in total.